The van der Waals surface area contributed by atoms with Gasteiger partial charge in [-0.15, -0.1) is 0 Å². The van der Waals surface area contributed by atoms with E-state index in [1.165, 1.54) is 10.9 Å². The summed E-state index contributed by atoms with van der Waals surface area (Å²) in [6.07, 6.45) is 1.88. The summed E-state index contributed by atoms with van der Waals surface area (Å²) in [5.41, 5.74) is 0.714. The van der Waals surface area contributed by atoms with Crippen molar-refractivity contribution in [3.05, 3.63) is 45.7 Å². The van der Waals surface area contributed by atoms with Gasteiger partial charge in [0, 0.05) is 24.3 Å². The summed E-state index contributed by atoms with van der Waals surface area (Å²) in [5.74, 6) is -0.217. The molecule has 0 radical (unpaired) electrons. The maximum atomic E-state index is 12.6. The van der Waals surface area contributed by atoms with E-state index < -0.39 is 11.0 Å². The maximum absolute atomic E-state index is 12.6. The molecule has 3 rings (SSSR count). The predicted molar refractivity (Wildman–Crippen MR) is 85.7 cm³/mol. The zero-order valence-corrected chi connectivity index (χ0v) is 13.0. The van der Waals surface area contributed by atoms with Gasteiger partial charge >= 0.3 is 5.82 Å². The van der Waals surface area contributed by atoms with E-state index in [-0.39, 0.29) is 17.5 Å². The zero-order chi connectivity index (χ0) is 16.6. The molecule has 0 saturated carbocycles. The lowest BCUT2D eigenvalue weighted by atomic mass is 10.2. The highest BCUT2D eigenvalue weighted by Crippen LogP contribution is 2.28. The summed E-state index contributed by atoms with van der Waals surface area (Å²) < 4.78 is 1.49. The number of benzene rings is 1. The van der Waals surface area contributed by atoms with E-state index in [1.54, 1.807) is 36.2 Å². The third-order valence-corrected chi connectivity index (χ3v) is 3.96. The van der Waals surface area contributed by atoms with Crippen LogP contribution < -0.4 is 10.2 Å². The molecule has 0 bridgehead atoms. The first kappa shape index (κ1) is 15.3. The quantitative estimate of drug-likeness (QED) is 0.683. The fourth-order valence-corrected chi connectivity index (χ4v) is 2.78. The molecular formula is C14H14ClN5O3. The summed E-state index contributed by atoms with van der Waals surface area (Å²) in [6.45, 7) is 0.516. The average molecular weight is 336 g/mol. The fourth-order valence-electron chi connectivity index (χ4n) is 2.60. The number of aryl methyl sites for hydroxylation is 1. The number of anilines is 2. The Labute approximate surface area is 136 Å². The number of nitrogens with one attached hydrogen (secondary N) is 1. The van der Waals surface area contributed by atoms with Gasteiger partial charge in [0.1, 0.15) is 6.04 Å². The van der Waals surface area contributed by atoms with Gasteiger partial charge in [-0.25, -0.2) is 0 Å². The highest BCUT2D eigenvalue weighted by Gasteiger charge is 2.35. The van der Waals surface area contributed by atoms with Gasteiger partial charge in [-0.3, -0.25) is 9.36 Å². The molecule has 9 heteroatoms. The van der Waals surface area contributed by atoms with Crippen LogP contribution in [0.1, 0.15) is 6.42 Å². The van der Waals surface area contributed by atoms with Crippen molar-refractivity contribution < 1.29 is 9.72 Å². The molecule has 1 atom stereocenters. The second-order valence-corrected chi connectivity index (χ2v) is 5.68. The van der Waals surface area contributed by atoms with Crippen LogP contribution in [0.4, 0.5) is 17.3 Å². The lowest BCUT2D eigenvalue weighted by Crippen LogP contribution is -2.34. The molecule has 1 amide bonds. The Kier molecular flexibility index (Phi) is 3.91. The second kappa shape index (κ2) is 5.88. The number of rotatable bonds is 4. The van der Waals surface area contributed by atoms with Crippen LogP contribution in [0.2, 0.25) is 5.02 Å². The summed E-state index contributed by atoms with van der Waals surface area (Å²) in [5, 5.41) is 14.5. The van der Waals surface area contributed by atoms with E-state index >= 15 is 0 Å². The molecule has 1 fully saturated rings. The minimum Gasteiger partial charge on any atom is -0.358 e. The van der Waals surface area contributed by atoms with Gasteiger partial charge < -0.3 is 20.3 Å². The van der Waals surface area contributed by atoms with E-state index in [1.807, 2.05) is 0 Å². The van der Waals surface area contributed by atoms with Crippen LogP contribution in [-0.4, -0.2) is 33.0 Å². The van der Waals surface area contributed by atoms with Gasteiger partial charge in [0.2, 0.25) is 18.1 Å². The van der Waals surface area contributed by atoms with Crippen LogP contribution in [0.15, 0.2) is 30.6 Å². The van der Waals surface area contributed by atoms with Crippen molar-refractivity contribution in [1.29, 1.82) is 0 Å². The largest absolute Gasteiger partial charge is 0.406 e. The third kappa shape index (κ3) is 2.85. The topological polar surface area (TPSA) is 93.3 Å². The molecule has 2 aromatic rings. The molecule has 8 nitrogen and oxygen atoms in total. The van der Waals surface area contributed by atoms with E-state index in [0.717, 1.165) is 0 Å². The van der Waals surface area contributed by atoms with Gasteiger partial charge in [0.25, 0.3) is 0 Å². The molecule has 1 saturated heterocycles. The standard InChI is InChI=1S/C14H14ClN5O3/c1-18-8-16-12(20(22)23)13(18)17-11-5-6-19(14(11)21)10-4-2-3-9(15)7-10/h2-4,7-8,11,17H,5-6H2,1H3. The minimum absolute atomic E-state index is 0.150. The monoisotopic (exact) mass is 335 g/mol. The van der Waals surface area contributed by atoms with Crippen molar-refractivity contribution in [2.75, 3.05) is 16.8 Å². The van der Waals surface area contributed by atoms with E-state index in [9.17, 15) is 14.9 Å². The molecule has 23 heavy (non-hydrogen) atoms. The van der Waals surface area contributed by atoms with Gasteiger partial charge in [0.05, 0.1) is 0 Å². The number of nitro groups is 1. The number of carbonyl (C=O) groups excluding carboxylic acids is 1. The van der Waals surface area contributed by atoms with Crippen LogP contribution in [-0.2, 0) is 11.8 Å². The number of nitrogens with zero attached hydrogens (tertiary/aromatic N) is 4. The highest BCUT2D eigenvalue weighted by atomic mass is 35.5. The average Bonchev–Trinajstić information content (AvgIpc) is 3.04. The minimum atomic E-state index is -0.573. The Morgan fingerprint density at radius 2 is 2.26 bits per heavy atom. The van der Waals surface area contributed by atoms with Crippen molar-refractivity contribution in [3.8, 4) is 0 Å². The molecule has 0 aliphatic carbocycles. The summed E-state index contributed by atoms with van der Waals surface area (Å²) >= 11 is 5.96. The molecule has 1 unspecified atom stereocenters. The molecule has 1 aliphatic rings. The Hall–Kier alpha value is -2.61. The fraction of sp³-hybridized carbons (Fsp3) is 0.286. The van der Waals surface area contributed by atoms with Crippen molar-refractivity contribution in [3.63, 3.8) is 0 Å². The Balaban J connectivity index is 1.80. The van der Waals surface area contributed by atoms with Crippen molar-refractivity contribution in [2.24, 2.45) is 7.05 Å². The van der Waals surface area contributed by atoms with E-state index in [4.69, 9.17) is 11.6 Å². The molecule has 1 aliphatic heterocycles. The molecule has 1 N–H and O–H groups in total. The second-order valence-electron chi connectivity index (χ2n) is 5.24. The van der Waals surface area contributed by atoms with Crippen molar-refractivity contribution in [2.45, 2.75) is 12.5 Å². The van der Waals surface area contributed by atoms with Crippen LogP contribution in [0.5, 0.6) is 0 Å². The van der Waals surface area contributed by atoms with Crippen LogP contribution in [0, 0.1) is 10.1 Å². The maximum Gasteiger partial charge on any atom is 0.406 e. The number of aromatic nitrogens is 2. The summed E-state index contributed by atoms with van der Waals surface area (Å²) in [4.78, 5) is 28.3. The summed E-state index contributed by atoms with van der Waals surface area (Å²) in [6, 6.07) is 6.49. The summed E-state index contributed by atoms with van der Waals surface area (Å²) in [7, 11) is 1.64. The van der Waals surface area contributed by atoms with Crippen molar-refractivity contribution in [1.82, 2.24) is 9.55 Å². The third-order valence-electron chi connectivity index (χ3n) is 3.73. The number of imidazole rings is 1. The smallest absolute Gasteiger partial charge is 0.358 e. The number of carbonyl (C=O) groups is 1. The predicted octanol–water partition coefficient (Wildman–Crippen LogP) is 2.20. The SMILES string of the molecule is Cn1cnc([N+](=O)[O-])c1NC1CCN(c2cccc(Cl)c2)C1=O. The van der Waals surface area contributed by atoms with Crippen LogP contribution in [0.3, 0.4) is 0 Å². The Morgan fingerprint density at radius 3 is 2.96 bits per heavy atom. The first-order valence-electron chi connectivity index (χ1n) is 6.96. The van der Waals surface area contributed by atoms with E-state index in [0.29, 0.717) is 23.7 Å². The Bertz CT molecular complexity index is 776. The van der Waals surface area contributed by atoms with Gasteiger partial charge in [-0.2, -0.15) is 0 Å². The lowest BCUT2D eigenvalue weighted by molar-refractivity contribution is -0.388. The van der Waals surface area contributed by atoms with Gasteiger partial charge in [-0.05, 0) is 34.5 Å². The number of hydrogen-bond acceptors (Lipinski definition) is 5. The van der Waals surface area contributed by atoms with Gasteiger partial charge in [0.15, 0.2) is 0 Å². The first-order valence-corrected chi connectivity index (χ1v) is 7.34. The zero-order valence-electron chi connectivity index (χ0n) is 12.3. The molecular weight excluding hydrogens is 322 g/mol. The number of hydrogen-bond donors (Lipinski definition) is 1. The molecule has 1 aromatic heterocycles. The van der Waals surface area contributed by atoms with Crippen LogP contribution >= 0.6 is 11.6 Å². The molecule has 120 valence electrons. The molecule has 0 spiro atoms. The number of halogens is 1. The lowest BCUT2D eigenvalue weighted by Gasteiger charge is -2.17. The molecule has 2 heterocycles. The number of amides is 1. The van der Waals surface area contributed by atoms with E-state index in [2.05, 4.69) is 10.3 Å². The normalized spacial score (nSPS) is 17.6. The first-order chi connectivity index (χ1) is 11.0. The van der Waals surface area contributed by atoms with Crippen molar-refractivity contribution >= 4 is 34.8 Å². The van der Waals surface area contributed by atoms with Gasteiger partial charge in [-0.1, -0.05) is 17.7 Å². The highest BCUT2D eigenvalue weighted by molar-refractivity contribution is 6.31. The molecule has 1 aromatic carbocycles. The Morgan fingerprint density at radius 1 is 1.48 bits per heavy atom. The van der Waals surface area contributed by atoms with Crippen LogP contribution in [0.25, 0.3) is 0 Å².